The number of aryl methyl sites for hydroxylation is 1. The van der Waals surface area contributed by atoms with Crippen LogP contribution in [0.15, 0.2) is 18.2 Å². The molecule has 1 saturated heterocycles. The summed E-state index contributed by atoms with van der Waals surface area (Å²) in [5.41, 5.74) is 2.22. The van der Waals surface area contributed by atoms with E-state index < -0.39 is 0 Å². The third-order valence-corrected chi connectivity index (χ3v) is 4.50. The smallest absolute Gasteiger partial charge is 0.231 e. The Morgan fingerprint density at radius 2 is 2.25 bits per heavy atom. The lowest BCUT2D eigenvalue weighted by Crippen LogP contribution is -2.42. The van der Waals surface area contributed by atoms with Crippen molar-refractivity contribution < 1.29 is 9.53 Å². The molecule has 2 aliphatic rings. The molecule has 0 unspecified atom stereocenters. The van der Waals surface area contributed by atoms with Gasteiger partial charge in [0.15, 0.2) is 0 Å². The minimum atomic E-state index is 0.0888. The fraction of sp³-hybridized carbons (Fsp3) is 0.562. The van der Waals surface area contributed by atoms with Gasteiger partial charge in [-0.1, -0.05) is 19.1 Å². The van der Waals surface area contributed by atoms with Gasteiger partial charge in [0, 0.05) is 13.1 Å². The summed E-state index contributed by atoms with van der Waals surface area (Å²) in [6, 6.07) is 6.06. The first kappa shape index (κ1) is 13.4. The number of amides is 1. The molecule has 2 aliphatic heterocycles. The Balaban J connectivity index is 1.95. The molecule has 1 aromatic carbocycles. The molecule has 0 aliphatic carbocycles. The lowest BCUT2D eigenvalue weighted by molar-refractivity contribution is -0.122. The normalized spacial score (nSPS) is 25.4. The van der Waals surface area contributed by atoms with Crippen LogP contribution in [0.1, 0.15) is 18.9 Å². The van der Waals surface area contributed by atoms with Crippen LogP contribution in [0.5, 0.6) is 5.75 Å². The molecule has 3 rings (SSSR count). The number of carbonyl (C=O) groups excluding carboxylic acids is 1. The van der Waals surface area contributed by atoms with Gasteiger partial charge in [-0.05, 0) is 36.9 Å². The second-order valence-electron chi connectivity index (χ2n) is 5.80. The van der Waals surface area contributed by atoms with Crippen molar-refractivity contribution in [2.45, 2.75) is 19.8 Å². The number of hydrogen-bond donors (Lipinski definition) is 1. The van der Waals surface area contributed by atoms with Crippen molar-refractivity contribution in [3.8, 4) is 5.75 Å². The van der Waals surface area contributed by atoms with Gasteiger partial charge in [0.25, 0.3) is 0 Å². The van der Waals surface area contributed by atoms with E-state index in [2.05, 4.69) is 18.3 Å². The average Bonchev–Trinajstić information content (AvgIpc) is 2.91. The Hall–Kier alpha value is -1.55. The zero-order chi connectivity index (χ0) is 14.1. The van der Waals surface area contributed by atoms with Gasteiger partial charge >= 0.3 is 0 Å². The summed E-state index contributed by atoms with van der Waals surface area (Å²) in [4.78, 5) is 14.8. The highest BCUT2D eigenvalue weighted by Gasteiger charge is 2.35. The minimum Gasteiger partial charge on any atom is -0.495 e. The molecule has 0 radical (unpaired) electrons. The van der Waals surface area contributed by atoms with Gasteiger partial charge in [0.2, 0.25) is 5.91 Å². The quantitative estimate of drug-likeness (QED) is 0.894. The third kappa shape index (κ3) is 2.18. The highest BCUT2D eigenvalue weighted by Crippen LogP contribution is 2.37. The van der Waals surface area contributed by atoms with Crippen molar-refractivity contribution in [3.63, 3.8) is 0 Å². The van der Waals surface area contributed by atoms with Crippen LogP contribution in [0.3, 0.4) is 0 Å². The summed E-state index contributed by atoms with van der Waals surface area (Å²) in [5.74, 6) is 1.55. The van der Waals surface area contributed by atoms with Crippen molar-refractivity contribution in [1.82, 2.24) is 5.32 Å². The van der Waals surface area contributed by atoms with Gasteiger partial charge in [-0.25, -0.2) is 0 Å². The molecule has 20 heavy (non-hydrogen) atoms. The van der Waals surface area contributed by atoms with Gasteiger partial charge in [-0.2, -0.15) is 0 Å². The molecule has 1 N–H and O–H groups in total. The van der Waals surface area contributed by atoms with E-state index in [4.69, 9.17) is 4.74 Å². The summed E-state index contributed by atoms with van der Waals surface area (Å²) >= 11 is 0. The van der Waals surface area contributed by atoms with Gasteiger partial charge in [0.1, 0.15) is 5.75 Å². The largest absolute Gasteiger partial charge is 0.495 e. The summed E-state index contributed by atoms with van der Waals surface area (Å²) in [6.45, 7) is 4.68. The molecule has 1 amide bonds. The topological polar surface area (TPSA) is 41.6 Å². The van der Waals surface area contributed by atoms with Crippen molar-refractivity contribution in [2.75, 3.05) is 31.6 Å². The van der Waals surface area contributed by atoms with Gasteiger partial charge in [-0.3, -0.25) is 4.79 Å². The minimum absolute atomic E-state index is 0.0888. The van der Waals surface area contributed by atoms with E-state index in [1.807, 2.05) is 17.0 Å². The molecule has 2 heterocycles. The predicted octanol–water partition coefficient (Wildman–Crippen LogP) is 1.83. The van der Waals surface area contributed by atoms with E-state index in [0.29, 0.717) is 5.92 Å². The van der Waals surface area contributed by atoms with E-state index in [-0.39, 0.29) is 11.8 Å². The molecule has 0 bridgehead atoms. The summed E-state index contributed by atoms with van der Waals surface area (Å²) < 4.78 is 5.47. The number of nitrogens with one attached hydrogen (secondary N) is 1. The Morgan fingerprint density at radius 3 is 2.95 bits per heavy atom. The molecule has 2 atom stereocenters. The number of nitrogens with zero attached hydrogens (tertiary/aromatic N) is 1. The Bertz CT molecular complexity index is 501. The number of carbonyl (C=O) groups is 1. The predicted molar refractivity (Wildman–Crippen MR) is 79.2 cm³/mol. The van der Waals surface area contributed by atoms with E-state index in [1.165, 1.54) is 5.56 Å². The average molecular weight is 274 g/mol. The first-order valence-electron chi connectivity index (χ1n) is 7.40. The molecule has 0 aromatic heterocycles. The number of methoxy groups -OCH3 is 1. The molecule has 0 saturated carbocycles. The van der Waals surface area contributed by atoms with Crippen LogP contribution in [0.2, 0.25) is 0 Å². The summed E-state index contributed by atoms with van der Waals surface area (Å²) in [5, 5.41) is 3.32. The second-order valence-corrected chi connectivity index (χ2v) is 5.80. The van der Waals surface area contributed by atoms with Crippen molar-refractivity contribution >= 4 is 11.6 Å². The number of rotatable bonds is 2. The Morgan fingerprint density at radius 1 is 1.40 bits per heavy atom. The first-order chi connectivity index (χ1) is 9.72. The Kier molecular flexibility index (Phi) is 3.66. The van der Waals surface area contributed by atoms with Crippen LogP contribution in [0.4, 0.5) is 5.69 Å². The number of ether oxygens (including phenoxy) is 1. The number of anilines is 1. The SMILES string of the molecule is COc1cccc2c1N(C(=O)[C@@H]1CNC[C@H]1C)CCC2. The van der Waals surface area contributed by atoms with E-state index in [0.717, 1.165) is 43.9 Å². The maximum absolute atomic E-state index is 12.9. The lowest BCUT2D eigenvalue weighted by atomic mass is 9.94. The number of para-hydroxylation sites is 1. The third-order valence-electron chi connectivity index (χ3n) is 4.50. The van der Waals surface area contributed by atoms with Gasteiger partial charge in [-0.15, -0.1) is 0 Å². The zero-order valence-electron chi connectivity index (χ0n) is 12.2. The van der Waals surface area contributed by atoms with Crippen LogP contribution < -0.4 is 15.0 Å². The molecule has 0 spiro atoms. The lowest BCUT2D eigenvalue weighted by Gasteiger charge is -2.33. The fourth-order valence-corrected chi connectivity index (χ4v) is 3.34. The van der Waals surface area contributed by atoms with Crippen molar-refractivity contribution in [1.29, 1.82) is 0 Å². The number of benzene rings is 1. The van der Waals surface area contributed by atoms with Crippen LogP contribution in [0, 0.1) is 11.8 Å². The maximum Gasteiger partial charge on any atom is 0.231 e. The molecular weight excluding hydrogens is 252 g/mol. The summed E-state index contributed by atoms with van der Waals surface area (Å²) in [6.07, 6.45) is 2.05. The van der Waals surface area contributed by atoms with Crippen LogP contribution in [-0.4, -0.2) is 32.7 Å². The number of hydrogen-bond acceptors (Lipinski definition) is 3. The van der Waals surface area contributed by atoms with Crippen LogP contribution >= 0.6 is 0 Å². The fourth-order valence-electron chi connectivity index (χ4n) is 3.34. The standard InChI is InChI=1S/C16H22N2O2/c1-11-9-17-10-13(11)16(19)18-8-4-6-12-5-3-7-14(20-2)15(12)18/h3,5,7,11,13,17H,4,6,8-10H2,1-2H3/t11-,13-/m1/s1. The van der Waals surface area contributed by atoms with Crippen molar-refractivity contribution in [2.24, 2.45) is 11.8 Å². The number of fused-ring (bicyclic) bond motifs is 1. The monoisotopic (exact) mass is 274 g/mol. The first-order valence-corrected chi connectivity index (χ1v) is 7.40. The summed E-state index contributed by atoms with van der Waals surface area (Å²) in [7, 11) is 1.67. The molecule has 4 nitrogen and oxygen atoms in total. The highest BCUT2D eigenvalue weighted by atomic mass is 16.5. The van der Waals surface area contributed by atoms with Crippen LogP contribution in [-0.2, 0) is 11.2 Å². The molecule has 108 valence electrons. The zero-order valence-corrected chi connectivity index (χ0v) is 12.2. The molecule has 1 aromatic rings. The van der Waals surface area contributed by atoms with Crippen LogP contribution in [0.25, 0.3) is 0 Å². The second kappa shape index (κ2) is 5.44. The Labute approximate surface area is 120 Å². The molecular formula is C16H22N2O2. The van der Waals surface area contributed by atoms with E-state index in [1.54, 1.807) is 7.11 Å². The van der Waals surface area contributed by atoms with Gasteiger partial charge < -0.3 is 15.0 Å². The maximum atomic E-state index is 12.9. The van der Waals surface area contributed by atoms with E-state index >= 15 is 0 Å². The highest BCUT2D eigenvalue weighted by molar-refractivity contribution is 5.98. The van der Waals surface area contributed by atoms with Crippen molar-refractivity contribution in [3.05, 3.63) is 23.8 Å². The molecule has 4 heteroatoms. The van der Waals surface area contributed by atoms with E-state index in [9.17, 15) is 4.79 Å². The molecule has 1 fully saturated rings. The van der Waals surface area contributed by atoms with Gasteiger partial charge in [0.05, 0.1) is 18.7 Å².